The first-order valence-electron chi connectivity index (χ1n) is 7.28. The van der Waals surface area contributed by atoms with E-state index in [4.69, 9.17) is 0 Å². The van der Waals surface area contributed by atoms with Crippen molar-refractivity contribution in [1.29, 1.82) is 0 Å². The number of carbonyl (C=O) groups is 1. The molecular weight excluding hydrogens is 380 g/mol. The van der Waals surface area contributed by atoms with Gasteiger partial charge in [-0.15, -0.1) is 11.8 Å². The van der Waals surface area contributed by atoms with Gasteiger partial charge in [0.25, 0.3) is 10.0 Å². The molecule has 2 aromatic carbocycles. The Bertz CT molecular complexity index is 1060. The molecule has 1 aliphatic heterocycles. The summed E-state index contributed by atoms with van der Waals surface area (Å²) in [5, 5.41) is 2.68. The number of nitrogens with one attached hydrogen (secondary N) is 2. The zero-order valence-electron chi connectivity index (χ0n) is 12.7. The largest absolute Gasteiger partial charge is 0.339 e. The third kappa shape index (κ3) is 3.20. The van der Waals surface area contributed by atoms with Gasteiger partial charge in [-0.2, -0.15) is 8.75 Å². The van der Waals surface area contributed by atoms with Crippen molar-refractivity contribution in [2.24, 2.45) is 0 Å². The third-order valence-electron chi connectivity index (χ3n) is 3.65. The number of aromatic nitrogens is 2. The third-order valence-corrected chi connectivity index (χ3v) is 6.76. The van der Waals surface area contributed by atoms with Gasteiger partial charge in [0.2, 0.25) is 5.91 Å². The van der Waals surface area contributed by atoms with E-state index in [1.54, 1.807) is 30.3 Å². The van der Waals surface area contributed by atoms with Crippen molar-refractivity contribution in [3.05, 3.63) is 48.0 Å². The molecule has 0 saturated carbocycles. The Morgan fingerprint density at radius 2 is 2.00 bits per heavy atom. The first-order chi connectivity index (χ1) is 12.0. The van der Waals surface area contributed by atoms with Crippen LogP contribution in [0, 0.1) is 0 Å². The fraction of sp³-hybridized carbons (Fsp3) is 0.133. The molecule has 128 valence electrons. The maximum absolute atomic E-state index is 12.7. The smallest absolute Gasteiger partial charge is 0.264 e. The summed E-state index contributed by atoms with van der Waals surface area (Å²) in [6, 6.07) is 11.9. The molecule has 1 fully saturated rings. The molecule has 2 heterocycles. The van der Waals surface area contributed by atoms with Gasteiger partial charge in [-0.1, -0.05) is 18.2 Å². The first-order valence-corrected chi connectivity index (χ1v) is 10.5. The fourth-order valence-corrected chi connectivity index (χ4v) is 5.31. The molecule has 2 N–H and O–H groups in total. The number of fused-ring (bicyclic) bond motifs is 1. The molecule has 25 heavy (non-hydrogen) atoms. The number of hydrogen-bond donors (Lipinski definition) is 2. The van der Waals surface area contributed by atoms with Gasteiger partial charge >= 0.3 is 0 Å². The van der Waals surface area contributed by atoms with Crippen LogP contribution < -0.4 is 10.0 Å². The summed E-state index contributed by atoms with van der Waals surface area (Å²) >= 11 is 2.45. The number of benzene rings is 2. The summed E-state index contributed by atoms with van der Waals surface area (Å²) in [7, 11) is -3.80. The van der Waals surface area contributed by atoms with Crippen LogP contribution in [0.15, 0.2) is 47.4 Å². The van der Waals surface area contributed by atoms with E-state index in [0.717, 1.165) is 17.3 Å². The highest BCUT2D eigenvalue weighted by Gasteiger charge is 2.24. The average Bonchev–Trinajstić information content (AvgIpc) is 3.23. The Hall–Kier alpha value is -2.17. The molecule has 1 aromatic heterocycles. The molecule has 0 radical (unpaired) electrons. The van der Waals surface area contributed by atoms with Gasteiger partial charge in [0.1, 0.15) is 21.3 Å². The van der Waals surface area contributed by atoms with Gasteiger partial charge in [-0.3, -0.25) is 9.52 Å². The lowest BCUT2D eigenvalue weighted by atomic mass is 10.2. The average molecular weight is 392 g/mol. The van der Waals surface area contributed by atoms with Gasteiger partial charge in [0, 0.05) is 5.69 Å². The highest BCUT2D eigenvalue weighted by molar-refractivity contribution is 8.00. The Labute approximate surface area is 152 Å². The second-order valence-electron chi connectivity index (χ2n) is 5.38. The number of rotatable bonds is 4. The zero-order chi connectivity index (χ0) is 17.4. The molecule has 1 atom stereocenters. The predicted molar refractivity (Wildman–Crippen MR) is 98.0 cm³/mol. The minimum atomic E-state index is -3.80. The lowest BCUT2D eigenvalue weighted by Gasteiger charge is -2.13. The number of sulfonamides is 1. The van der Waals surface area contributed by atoms with E-state index in [2.05, 4.69) is 18.8 Å². The summed E-state index contributed by atoms with van der Waals surface area (Å²) in [6.45, 7) is 0. The summed E-state index contributed by atoms with van der Waals surface area (Å²) in [5.74, 6) is 0.378. The van der Waals surface area contributed by atoms with Crippen LogP contribution in [0.3, 0.4) is 0 Å². The minimum absolute atomic E-state index is 0.0244. The van der Waals surface area contributed by atoms with Crippen LogP contribution in [-0.2, 0) is 14.8 Å². The van der Waals surface area contributed by atoms with Gasteiger partial charge in [0.05, 0.1) is 17.5 Å². The monoisotopic (exact) mass is 392 g/mol. The molecule has 10 heteroatoms. The lowest BCUT2D eigenvalue weighted by molar-refractivity contribution is -0.118. The Morgan fingerprint density at radius 1 is 1.16 bits per heavy atom. The number of carbonyl (C=O) groups excluding carboxylic acids is 1. The van der Waals surface area contributed by atoms with Crippen molar-refractivity contribution < 1.29 is 13.2 Å². The summed E-state index contributed by atoms with van der Waals surface area (Å²) in [5.41, 5.74) is 2.17. The van der Waals surface area contributed by atoms with Crippen LogP contribution in [0.2, 0.25) is 0 Å². The van der Waals surface area contributed by atoms with E-state index in [1.165, 1.54) is 17.8 Å². The highest BCUT2D eigenvalue weighted by Crippen LogP contribution is 2.32. The quantitative estimate of drug-likeness (QED) is 0.707. The maximum atomic E-state index is 12.7. The first kappa shape index (κ1) is 16.3. The van der Waals surface area contributed by atoms with Gasteiger partial charge in [-0.05, 0) is 29.8 Å². The summed E-state index contributed by atoms with van der Waals surface area (Å²) < 4.78 is 36.2. The van der Waals surface area contributed by atoms with E-state index in [9.17, 15) is 13.2 Å². The SMILES string of the molecule is O=C1CS[C@@H](c2cccc(NS(=O)(=O)c3cccc4nsnc34)c2)N1. The van der Waals surface area contributed by atoms with Crippen LogP contribution >= 0.6 is 23.5 Å². The Balaban J connectivity index is 1.65. The maximum Gasteiger partial charge on any atom is 0.264 e. The van der Waals surface area contributed by atoms with E-state index < -0.39 is 10.0 Å². The van der Waals surface area contributed by atoms with Crippen molar-refractivity contribution in [2.75, 3.05) is 10.5 Å². The molecule has 4 rings (SSSR count). The number of nitrogens with zero attached hydrogens (tertiary/aromatic N) is 2. The minimum Gasteiger partial charge on any atom is -0.339 e. The normalized spacial score (nSPS) is 17.6. The van der Waals surface area contributed by atoms with Crippen LogP contribution in [0.5, 0.6) is 0 Å². The lowest BCUT2D eigenvalue weighted by Crippen LogP contribution is -2.19. The van der Waals surface area contributed by atoms with Gasteiger partial charge in [0.15, 0.2) is 0 Å². The molecule has 0 spiro atoms. The van der Waals surface area contributed by atoms with Gasteiger partial charge in [-0.25, -0.2) is 8.42 Å². The summed E-state index contributed by atoms with van der Waals surface area (Å²) in [4.78, 5) is 11.5. The molecule has 1 aliphatic rings. The van der Waals surface area contributed by atoms with E-state index in [0.29, 0.717) is 22.5 Å². The number of amides is 1. The molecule has 0 unspecified atom stereocenters. The van der Waals surface area contributed by atoms with E-state index in [1.807, 2.05) is 6.07 Å². The molecule has 1 saturated heterocycles. The molecule has 0 aliphatic carbocycles. The Morgan fingerprint density at radius 3 is 2.80 bits per heavy atom. The van der Waals surface area contributed by atoms with Crippen molar-refractivity contribution in [2.45, 2.75) is 10.3 Å². The molecule has 1 amide bonds. The second-order valence-corrected chi connectivity index (χ2v) is 8.65. The van der Waals surface area contributed by atoms with Crippen LogP contribution in [-0.4, -0.2) is 28.8 Å². The highest BCUT2D eigenvalue weighted by atomic mass is 32.2. The topological polar surface area (TPSA) is 101 Å². The van der Waals surface area contributed by atoms with E-state index in [-0.39, 0.29) is 16.2 Å². The van der Waals surface area contributed by atoms with Crippen molar-refractivity contribution >= 4 is 56.1 Å². The predicted octanol–water partition coefficient (Wildman–Crippen LogP) is 2.35. The fourth-order valence-electron chi connectivity index (χ4n) is 2.54. The standard InChI is InChI=1S/C15H12N4O3S3/c20-13-8-23-15(16-13)9-3-1-4-10(7-9)19-25(21,22)12-6-2-5-11-14(12)18-24-17-11/h1-7,15,19H,8H2,(H,16,20)/t15-/m0/s1. The van der Waals surface area contributed by atoms with Crippen LogP contribution in [0.4, 0.5) is 5.69 Å². The number of thioether (sulfide) groups is 1. The number of hydrogen-bond acceptors (Lipinski definition) is 7. The van der Waals surface area contributed by atoms with Gasteiger partial charge < -0.3 is 5.32 Å². The molecule has 7 nitrogen and oxygen atoms in total. The molecule has 3 aromatic rings. The zero-order valence-corrected chi connectivity index (χ0v) is 15.1. The molecular formula is C15H12N4O3S3. The van der Waals surface area contributed by atoms with Crippen LogP contribution in [0.25, 0.3) is 11.0 Å². The number of anilines is 1. The van der Waals surface area contributed by atoms with Crippen molar-refractivity contribution in [1.82, 2.24) is 14.1 Å². The molecule has 0 bridgehead atoms. The second kappa shape index (κ2) is 6.28. The van der Waals surface area contributed by atoms with Crippen molar-refractivity contribution in [3.8, 4) is 0 Å². The van der Waals surface area contributed by atoms with E-state index >= 15 is 0 Å². The Kier molecular flexibility index (Phi) is 4.10. The van der Waals surface area contributed by atoms with Crippen LogP contribution in [0.1, 0.15) is 10.9 Å². The summed E-state index contributed by atoms with van der Waals surface area (Å²) in [6.07, 6.45) is 0. The van der Waals surface area contributed by atoms with Crippen molar-refractivity contribution in [3.63, 3.8) is 0 Å².